The number of nitrogens with one attached hydrogen (secondary N) is 1. The van der Waals surface area contributed by atoms with Crippen LogP contribution in [0.1, 0.15) is 86.9 Å². The molecule has 0 aliphatic rings. The first-order chi connectivity index (χ1) is 9.78. The van der Waals surface area contributed by atoms with Crippen LogP contribution in [0.3, 0.4) is 0 Å². The molecular formula is C19H39N. The first kappa shape index (κ1) is 24.1. The summed E-state index contributed by atoms with van der Waals surface area (Å²) in [7, 11) is 0. The van der Waals surface area contributed by atoms with Crippen molar-refractivity contribution >= 4 is 12.2 Å². The fraction of sp³-hybridized carbons (Fsp3) is 0.684. The van der Waals surface area contributed by atoms with Crippen LogP contribution in [0.25, 0.3) is 12.2 Å². The lowest BCUT2D eigenvalue weighted by Crippen LogP contribution is -2.24. The Bertz CT molecular complexity index is 396. The molecule has 0 aromatic carbocycles. The van der Waals surface area contributed by atoms with Gasteiger partial charge in [-0.15, -0.1) is 0 Å². The molecule has 0 atom stereocenters. The van der Waals surface area contributed by atoms with E-state index < -0.39 is 0 Å². The maximum atomic E-state index is 3.50. The molecule has 0 saturated carbocycles. The maximum Gasteiger partial charge on any atom is 0.0412 e. The van der Waals surface area contributed by atoms with Crippen molar-refractivity contribution in [3.8, 4) is 0 Å². The number of rotatable bonds is 3. The van der Waals surface area contributed by atoms with Gasteiger partial charge in [-0.05, 0) is 37.5 Å². The summed E-state index contributed by atoms with van der Waals surface area (Å²) in [6, 6.07) is 0. The Morgan fingerprint density at radius 2 is 1.35 bits per heavy atom. The van der Waals surface area contributed by atoms with Gasteiger partial charge in [-0.2, -0.15) is 0 Å². The van der Waals surface area contributed by atoms with Crippen molar-refractivity contribution in [2.75, 3.05) is 0 Å². The van der Waals surface area contributed by atoms with Crippen LogP contribution < -0.4 is 10.6 Å². The van der Waals surface area contributed by atoms with Crippen LogP contribution in [0.15, 0.2) is 0 Å². The molecule has 0 bridgehead atoms. The highest BCUT2D eigenvalue weighted by molar-refractivity contribution is 5.35. The van der Waals surface area contributed by atoms with Gasteiger partial charge in [0.15, 0.2) is 0 Å². The molecule has 0 unspecified atom stereocenters. The average molecular weight is 282 g/mol. The number of hydrogen-bond donors (Lipinski definition) is 1. The molecule has 1 N–H and O–H groups in total. The number of aryl methyl sites for hydroxylation is 1. The molecule has 1 aromatic heterocycles. The van der Waals surface area contributed by atoms with Gasteiger partial charge in [-0.3, -0.25) is 0 Å². The molecule has 0 amide bonds. The van der Waals surface area contributed by atoms with Gasteiger partial charge in [0.2, 0.25) is 0 Å². The fourth-order valence-corrected chi connectivity index (χ4v) is 2.03. The summed E-state index contributed by atoms with van der Waals surface area (Å²) in [4.78, 5) is 3.50. The van der Waals surface area contributed by atoms with Crippen LogP contribution in [-0.4, -0.2) is 4.98 Å². The molecule has 1 heteroatoms. The second-order valence-electron chi connectivity index (χ2n) is 3.59. The van der Waals surface area contributed by atoms with E-state index in [4.69, 9.17) is 0 Å². The molecule has 0 fully saturated rings. The Morgan fingerprint density at radius 3 is 1.65 bits per heavy atom. The summed E-state index contributed by atoms with van der Waals surface area (Å²) >= 11 is 0. The van der Waals surface area contributed by atoms with E-state index in [0.717, 1.165) is 6.42 Å². The lowest BCUT2D eigenvalue weighted by atomic mass is 10.1. The lowest BCUT2D eigenvalue weighted by Gasteiger charge is -1.98. The summed E-state index contributed by atoms with van der Waals surface area (Å²) in [5.41, 5.74) is 2.93. The molecule has 0 aliphatic heterocycles. The second kappa shape index (κ2) is 18.0. The Morgan fingerprint density at radius 1 is 0.850 bits per heavy atom. The zero-order valence-corrected chi connectivity index (χ0v) is 15.8. The van der Waals surface area contributed by atoms with E-state index in [9.17, 15) is 0 Å². The van der Waals surface area contributed by atoms with E-state index in [2.05, 4.69) is 44.8 Å². The zero-order chi connectivity index (χ0) is 16.6. The molecule has 1 aromatic rings. The standard InChI is InChI=1S/C13H21N.3C2H6/c1-5-9-11-10(6-2)12(7-3)14-13(11)8-4;3*1-2/h6-7,14H,5,8-9H2,1-4H3;3*1-2H3/b10-6-,12-7+;;;. The largest absolute Gasteiger partial charge is 0.358 e. The zero-order valence-electron chi connectivity index (χ0n) is 15.8. The minimum atomic E-state index is 1.10. The monoisotopic (exact) mass is 281 g/mol. The highest BCUT2D eigenvalue weighted by atomic mass is 14.7. The number of hydrogen-bond acceptors (Lipinski definition) is 0. The smallest absolute Gasteiger partial charge is 0.0412 e. The van der Waals surface area contributed by atoms with Crippen molar-refractivity contribution in [2.45, 2.75) is 88.5 Å². The number of H-pyrrole nitrogens is 1. The van der Waals surface area contributed by atoms with Gasteiger partial charge in [-0.1, -0.05) is 74.0 Å². The Kier molecular flexibility index (Phi) is 21.7. The van der Waals surface area contributed by atoms with Crippen molar-refractivity contribution in [1.29, 1.82) is 0 Å². The van der Waals surface area contributed by atoms with Gasteiger partial charge >= 0.3 is 0 Å². The first-order valence-electron chi connectivity index (χ1n) is 8.60. The summed E-state index contributed by atoms with van der Waals surface area (Å²) in [5, 5.41) is 2.69. The van der Waals surface area contributed by atoms with Crippen LogP contribution >= 0.6 is 0 Å². The minimum Gasteiger partial charge on any atom is -0.358 e. The average Bonchev–Trinajstić information content (AvgIpc) is 2.90. The van der Waals surface area contributed by atoms with Crippen LogP contribution in [-0.2, 0) is 12.8 Å². The molecule has 0 radical (unpaired) electrons. The van der Waals surface area contributed by atoms with Gasteiger partial charge in [0.05, 0.1) is 0 Å². The summed E-state index contributed by atoms with van der Waals surface area (Å²) in [6.45, 7) is 20.7. The molecule has 1 heterocycles. The van der Waals surface area contributed by atoms with E-state index >= 15 is 0 Å². The van der Waals surface area contributed by atoms with Gasteiger partial charge in [0.1, 0.15) is 0 Å². The van der Waals surface area contributed by atoms with Gasteiger partial charge in [-0.25, -0.2) is 0 Å². The molecule has 0 aliphatic carbocycles. The van der Waals surface area contributed by atoms with Crippen molar-refractivity contribution in [3.05, 3.63) is 21.8 Å². The molecular weight excluding hydrogens is 242 g/mol. The normalized spacial score (nSPS) is 10.7. The molecule has 20 heavy (non-hydrogen) atoms. The van der Waals surface area contributed by atoms with Crippen LogP contribution in [0, 0.1) is 0 Å². The van der Waals surface area contributed by atoms with Crippen molar-refractivity contribution in [2.24, 2.45) is 0 Å². The molecule has 1 rings (SSSR count). The maximum absolute atomic E-state index is 3.50. The SMILES string of the molecule is C/C=c1/c(CCC)c(CC)[nH]/c1=C/C.CC.CC.CC. The Balaban J connectivity index is -0.000000425. The fourth-order valence-electron chi connectivity index (χ4n) is 2.03. The highest BCUT2D eigenvalue weighted by Gasteiger charge is 2.04. The third kappa shape index (κ3) is 7.57. The van der Waals surface area contributed by atoms with Crippen LogP contribution in [0.2, 0.25) is 0 Å². The Labute approximate surface area is 128 Å². The topological polar surface area (TPSA) is 15.8 Å². The van der Waals surface area contributed by atoms with E-state index in [0.29, 0.717) is 0 Å². The molecule has 0 spiro atoms. The highest BCUT2D eigenvalue weighted by Crippen LogP contribution is 2.03. The van der Waals surface area contributed by atoms with Crippen LogP contribution in [0.5, 0.6) is 0 Å². The number of aromatic amines is 1. The van der Waals surface area contributed by atoms with Gasteiger partial charge in [0.25, 0.3) is 0 Å². The predicted octanol–water partition coefficient (Wildman–Crippen LogP) is 5.21. The summed E-state index contributed by atoms with van der Waals surface area (Å²) in [6.07, 6.45) is 7.88. The van der Waals surface area contributed by atoms with Crippen molar-refractivity contribution in [1.82, 2.24) is 4.98 Å². The van der Waals surface area contributed by atoms with Crippen molar-refractivity contribution in [3.63, 3.8) is 0 Å². The van der Waals surface area contributed by atoms with E-state index in [1.54, 1.807) is 0 Å². The molecule has 0 saturated heterocycles. The molecule has 120 valence electrons. The predicted molar refractivity (Wildman–Crippen MR) is 97.7 cm³/mol. The third-order valence-corrected chi connectivity index (χ3v) is 2.70. The quantitative estimate of drug-likeness (QED) is 0.783. The second-order valence-corrected chi connectivity index (χ2v) is 3.59. The lowest BCUT2D eigenvalue weighted by molar-refractivity contribution is 0.890. The van der Waals surface area contributed by atoms with E-state index in [1.165, 1.54) is 34.7 Å². The van der Waals surface area contributed by atoms with Crippen molar-refractivity contribution < 1.29 is 0 Å². The van der Waals surface area contributed by atoms with Gasteiger partial charge in [0, 0.05) is 11.0 Å². The van der Waals surface area contributed by atoms with E-state index in [-0.39, 0.29) is 0 Å². The van der Waals surface area contributed by atoms with Crippen LogP contribution in [0.4, 0.5) is 0 Å². The minimum absolute atomic E-state index is 1.10. The Hall–Kier alpha value is -0.980. The van der Waals surface area contributed by atoms with E-state index in [1.807, 2.05) is 41.5 Å². The number of aromatic nitrogens is 1. The molecule has 1 nitrogen and oxygen atoms in total. The first-order valence-corrected chi connectivity index (χ1v) is 8.60. The summed E-state index contributed by atoms with van der Waals surface area (Å²) in [5.74, 6) is 0. The van der Waals surface area contributed by atoms with Gasteiger partial charge < -0.3 is 4.98 Å². The third-order valence-electron chi connectivity index (χ3n) is 2.70. The summed E-state index contributed by atoms with van der Waals surface area (Å²) < 4.78 is 0.